The number of likely N-dealkylation sites (N-methyl/N-ethyl adjacent to an activating group) is 2. The van der Waals surface area contributed by atoms with E-state index in [2.05, 4.69) is 18.7 Å². The molecule has 4 nitrogen and oxygen atoms in total. The Morgan fingerprint density at radius 2 is 2.17 bits per heavy atom. The maximum Gasteiger partial charge on any atom is 0.236 e. The van der Waals surface area contributed by atoms with Crippen LogP contribution < -0.4 is 0 Å². The predicted molar refractivity (Wildman–Crippen MR) is 72.2 cm³/mol. The third-order valence-electron chi connectivity index (χ3n) is 3.03. The molecule has 1 aromatic heterocycles. The number of hydrogen-bond acceptors (Lipinski definition) is 3. The van der Waals surface area contributed by atoms with Crippen LogP contribution in [0.5, 0.6) is 0 Å². The van der Waals surface area contributed by atoms with E-state index in [0.29, 0.717) is 13.1 Å². The van der Waals surface area contributed by atoms with Gasteiger partial charge in [-0.25, -0.2) is 0 Å². The molecule has 1 amide bonds. The van der Waals surface area contributed by atoms with Crippen LogP contribution >= 0.6 is 0 Å². The van der Waals surface area contributed by atoms with Gasteiger partial charge in [-0.05, 0) is 31.6 Å². The van der Waals surface area contributed by atoms with Crippen molar-refractivity contribution < 1.29 is 9.21 Å². The Morgan fingerprint density at radius 1 is 1.39 bits per heavy atom. The van der Waals surface area contributed by atoms with Crippen LogP contribution in [0.3, 0.4) is 0 Å². The molecule has 0 aliphatic rings. The van der Waals surface area contributed by atoms with Crippen LogP contribution in [0.4, 0.5) is 0 Å². The van der Waals surface area contributed by atoms with Gasteiger partial charge in [0, 0.05) is 7.05 Å². The zero-order chi connectivity index (χ0) is 13.4. The van der Waals surface area contributed by atoms with Crippen LogP contribution in [0.1, 0.15) is 32.4 Å². The van der Waals surface area contributed by atoms with Gasteiger partial charge in [-0.1, -0.05) is 20.3 Å². The highest BCUT2D eigenvalue weighted by atomic mass is 16.3. The van der Waals surface area contributed by atoms with E-state index in [1.807, 2.05) is 19.2 Å². The zero-order valence-corrected chi connectivity index (χ0v) is 11.7. The summed E-state index contributed by atoms with van der Waals surface area (Å²) in [6.07, 6.45) is 3.93. The third-order valence-corrected chi connectivity index (χ3v) is 3.03. The molecule has 18 heavy (non-hydrogen) atoms. The molecule has 0 aliphatic carbocycles. The standard InChI is InChI=1S/C14H24N2O2/c1-4-6-9-16(5-2)12-14(17)15(3)11-13-8-7-10-18-13/h7-8,10H,4-6,9,11-12H2,1-3H3. The molecule has 0 N–H and O–H groups in total. The van der Waals surface area contributed by atoms with E-state index in [4.69, 9.17) is 4.42 Å². The molecule has 0 fully saturated rings. The van der Waals surface area contributed by atoms with Crippen molar-refractivity contribution in [2.45, 2.75) is 33.2 Å². The number of carbonyl (C=O) groups is 1. The molecule has 0 unspecified atom stereocenters. The zero-order valence-electron chi connectivity index (χ0n) is 11.7. The molecule has 0 aromatic carbocycles. The van der Waals surface area contributed by atoms with Gasteiger partial charge < -0.3 is 9.32 Å². The van der Waals surface area contributed by atoms with Gasteiger partial charge >= 0.3 is 0 Å². The quantitative estimate of drug-likeness (QED) is 0.712. The fraction of sp³-hybridized carbons (Fsp3) is 0.643. The van der Waals surface area contributed by atoms with Crippen molar-refractivity contribution in [2.24, 2.45) is 0 Å². The summed E-state index contributed by atoms with van der Waals surface area (Å²) in [6, 6.07) is 3.73. The van der Waals surface area contributed by atoms with Crippen LogP contribution in [0.2, 0.25) is 0 Å². The van der Waals surface area contributed by atoms with Gasteiger partial charge in [0.1, 0.15) is 5.76 Å². The Morgan fingerprint density at radius 3 is 2.72 bits per heavy atom. The van der Waals surface area contributed by atoms with Crippen molar-refractivity contribution in [3.8, 4) is 0 Å². The van der Waals surface area contributed by atoms with Crippen LogP contribution in [0, 0.1) is 0 Å². The van der Waals surface area contributed by atoms with E-state index in [0.717, 1.165) is 31.7 Å². The van der Waals surface area contributed by atoms with Gasteiger partial charge in [-0.2, -0.15) is 0 Å². The Bertz CT molecular complexity index is 336. The minimum Gasteiger partial charge on any atom is -0.467 e. The molecule has 102 valence electrons. The first kappa shape index (κ1) is 14.8. The van der Waals surface area contributed by atoms with E-state index in [-0.39, 0.29) is 5.91 Å². The lowest BCUT2D eigenvalue weighted by molar-refractivity contribution is -0.131. The van der Waals surface area contributed by atoms with E-state index in [1.54, 1.807) is 11.2 Å². The number of carbonyl (C=O) groups excluding carboxylic acids is 1. The molecule has 4 heteroatoms. The molecule has 0 spiro atoms. The molecule has 0 atom stereocenters. The monoisotopic (exact) mass is 252 g/mol. The first-order valence-electron chi connectivity index (χ1n) is 6.66. The molecule has 0 bridgehead atoms. The minimum absolute atomic E-state index is 0.143. The number of nitrogens with zero attached hydrogens (tertiary/aromatic N) is 2. The maximum absolute atomic E-state index is 12.0. The normalized spacial score (nSPS) is 10.9. The van der Waals surface area contributed by atoms with Gasteiger partial charge in [0.05, 0.1) is 19.4 Å². The fourth-order valence-electron chi connectivity index (χ4n) is 1.77. The molecule has 1 rings (SSSR count). The number of rotatable bonds is 8. The first-order valence-corrected chi connectivity index (χ1v) is 6.66. The smallest absolute Gasteiger partial charge is 0.236 e. The van der Waals surface area contributed by atoms with E-state index in [1.165, 1.54) is 0 Å². The van der Waals surface area contributed by atoms with Crippen molar-refractivity contribution in [1.29, 1.82) is 0 Å². The highest BCUT2D eigenvalue weighted by Gasteiger charge is 2.14. The van der Waals surface area contributed by atoms with Crippen molar-refractivity contribution in [3.63, 3.8) is 0 Å². The molecular formula is C14H24N2O2. The Hall–Kier alpha value is -1.29. The average molecular weight is 252 g/mol. The Labute approximate surface area is 110 Å². The SMILES string of the molecule is CCCCN(CC)CC(=O)N(C)Cc1ccco1. The summed E-state index contributed by atoms with van der Waals surface area (Å²) in [4.78, 5) is 15.9. The number of amides is 1. The number of unbranched alkanes of at least 4 members (excludes halogenated alkanes) is 1. The first-order chi connectivity index (χ1) is 8.67. The summed E-state index contributed by atoms with van der Waals surface area (Å²) in [6.45, 7) is 7.20. The molecule has 0 aliphatic heterocycles. The van der Waals surface area contributed by atoms with E-state index >= 15 is 0 Å². The lowest BCUT2D eigenvalue weighted by Gasteiger charge is -2.23. The third kappa shape index (κ3) is 4.92. The summed E-state index contributed by atoms with van der Waals surface area (Å²) in [5, 5.41) is 0. The highest BCUT2D eigenvalue weighted by Crippen LogP contribution is 2.04. The predicted octanol–water partition coefficient (Wildman–Crippen LogP) is 2.36. The fourth-order valence-corrected chi connectivity index (χ4v) is 1.77. The summed E-state index contributed by atoms with van der Waals surface area (Å²) in [5.41, 5.74) is 0. The van der Waals surface area contributed by atoms with Gasteiger partial charge in [-0.15, -0.1) is 0 Å². The highest BCUT2D eigenvalue weighted by molar-refractivity contribution is 5.77. The lowest BCUT2D eigenvalue weighted by Crippen LogP contribution is -2.38. The van der Waals surface area contributed by atoms with E-state index < -0.39 is 0 Å². The second-order valence-corrected chi connectivity index (χ2v) is 4.55. The summed E-state index contributed by atoms with van der Waals surface area (Å²) >= 11 is 0. The van der Waals surface area contributed by atoms with Crippen LogP contribution in [0.25, 0.3) is 0 Å². The summed E-state index contributed by atoms with van der Waals surface area (Å²) in [5.74, 6) is 0.965. The van der Waals surface area contributed by atoms with Crippen molar-refractivity contribution in [2.75, 3.05) is 26.7 Å². The summed E-state index contributed by atoms with van der Waals surface area (Å²) in [7, 11) is 1.82. The van der Waals surface area contributed by atoms with Crippen LogP contribution in [-0.4, -0.2) is 42.4 Å². The Kier molecular flexibility index (Phi) is 6.50. The van der Waals surface area contributed by atoms with Crippen molar-refractivity contribution in [1.82, 2.24) is 9.80 Å². The largest absolute Gasteiger partial charge is 0.467 e. The van der Waals surface area contributed by atoms with Crippen LogP contribution in [0.15, 0.2) is 22.8 Å². The van der Waals surface area contributed by atoms with Gasteiger partial charge in [-0.3, -0.25) is 9.69 Å². The van der Waals surface area contributed by atoms with Gasteiger partial charge in [0.15, 0.2) is 0 Å². The van der Waals surface area contributed by atoms with E-state index in [9.17, 15) is 4.79 Å². The van der Waals surface area contributed by atoms with Gasteiger partial charge in [0.2, 0.25) is 5.91 Å². The molecule has 0 radical (unpaired) electrons. The summed E-state index contributed by atoms with van der Waals surface area (Å²) < 4.78 is 5.24. The molecule has 0 saturated heterocycles. The molecule has 1 heterocycles. The van der Waals surface area contributed by atoms with Crippen LogP contribution in [-0.2, 0) is 11.3 Å². The molecule has 0 saturated carbocycles. The Balaban J connectivity index is 2.38. The number of furan rings is 1. The number of hydrogen-bond donors (Lipinski definition) is 0. The van der Waals surface area contributed by atoms with Gasteiger partial charge in [0.25, 0.3) is 0 Å². The maximum atomic E-state index is 12.0. The minimum atomic E-state index is 0.143. The van der Waals surface area contributed by atoms with Crippen molar-refractivity contribution in [3.05, 3.63) is 24.2 Å². The lowest BCUT2D eigenvalue weighted by atomic mass is 10.3. The second kappa shape index (κ2) is 7.93. The molecule has 1 aromatic rings. The second-order valence-electron chi connectivity index (χ2n) is 4.55. The van der Waals surface area contributed by atoms with Crippen molar-refractivity contribution >= 4 is 5.91 Å². The topological polar surface area (TPSA) is 36.7 Å². The average Bonchev–Trinajstić information content (AvgIpc) is 2.86. The molecular weight excluding hydrogens is 228 g/mol.